The van der Waals surface area contributed by atoms with Crippen molar-refractivity contribution in [3.8, 4) is 0 Å². The molecule has 0 saturated carbocycles. The minimum Gasteiger partial charge on any atom is -0.466 e. The van der Waals surface area contributed by atoms with E-state index in [0.29, 0.717) is 12.0 Å². The first-order valence-electron chi connectivity index (χ1n) is 6.77. The van der Waals surface area contributed by atoms with Crippen molar-refractivity contribution in [2.75, 3.05) is 6.54 Å². The first kappa shape index (κ1) is 14.3. The van der Waals surface area contributed by atoms with E-state index in [2.05, 4.69) is 46.9 Å². The summed E-state index contributed by atoms with van der Waals surface area (Å²) in [7, 11) is 0. The molecule has 1 N–H and O–H groups in total. The summed E-state index contributed by atoms with van der Waals surface area (Å²) in [5, 5.41) is 3.65. The Morgan fingerprint density at radius 2 is 1.76 bits per heavy atom. The number of nitrogens with one attached hydrogen (secondary N) is 1. The lowest BCUT2D eigenvalue weighted by molar-refractivity contribution is 0.419. The summed E-state index contributed by atoms with van der Waals surface area (Å²) < 4.78 is 5.75. The van der Waals surface area contributed by atoms with E-state index in [4.69, 9.17) is 4.42 Å². The van der Waals surface area contributed by atoms with Gasteiger partial charge in [0.1, 0.15) is 11.5 Å². The van der Waals surface area contributed by atoms with E-state index in [1.54, 1.807) is 0 Å². The number of furan rings is 1. The standard InChI is InChI=1S/C15H27NO/c1-7-8-16-14(9-10(2)3)15-11(4)12(5)17-13(15)6/h10,14,16H,7-9H2,1-6H3. The Bertz CT molecular complexity index is 352. The Hall–Kier alpha value is -0.760. The van der Waals surface area contributed by atoms with Gasteiger partial charge in [-0.3, -0.25) is 0 Å². The lowest BCUT2D eigenvalue weighted by atomic mass is 9.94. The Labute approximate surface area is 106 Å². The van der Waals surface area contributed by atoms with Gasteiger partial charge in [0, 0.05) is 11.6 Å². The largest absolute Gasteiger partial charge is 0.466 e. The molecule has 0 aliphatic heterocycles. The van der Waals surface area contributed by atoms with Gasteiger partial charge in [-0.25, -0.2) is 0 Å². The summed E-state index contributed by atoms with van der Waals surface area (Å²) in [5.74, 6) is 2.83. The molecule has 0 radical (unpaired) electrons. The third-order valence-electron chi connectivity index (χ3n) is 3.31. The average molecular weight is 237 g/mol. The van der Waals surface area contributed by atoms with Gasteiger partial charge in [-0.15, -0.1) is 0 Å². The van der Waals surface area contributed by atoms with E-state index in [1.807, 2.05) is 0 Å². The first-order chi connectivity index (χ1) is 7.97. The van der Waals surface area contributed by atoms with Gasteiger partial charge in [-0.1, -0.05) is 20.8 Å². The highest BCUT2D eigenvalue weighted by Gasteiger charge is 2.21. The molecule has 98 valence electrons. The van der Waals surface area contributed by atoms with Crippen molar-refractivity contribution in [3.05, 3.63) is 22.6 Å². The van der Waals surface area contributed by atoms with Gasteiger partial charge in [0.25, 0.3) is 0 Å². The summed E-state index contributed by atoms with van der Waals surface area (Å²) in [6.45, 7) is 14.1. The molecule has 0 spiro atoms. The Morgan fingerprint density at radius 3 is 2.18 bits per heavy atom. The number of aryl methyl sites for hydroxylation is 2. The van der Waals surface area contributed by atoms with E-state index in [1.165, 1.54) is 24.0 Å². The van der Waals surface area contributed by atoms with Crippen molar-refractivity contribution in [2.45, 2.75) is 60.4 Å². The van der Waals surface area contributed by atoms with Crippen LogP contribution in [-0.2, 0) is 0 Å². The summed E-state index contributed by atoms with van der Waals surface area (Å²) in [5.41, 5.74) is 2.70. The normalized spacial score (nSPS) is 13.4. The maximum absolute atomic E-state index is 5.75. The van der Waals surface area contributed by atoms with Gasteiger partial charge in [0.05, 0.1) is 0 Å². The van der Waals surface area contributed by atoms with Crippen LogP contribution in [0.15, 0.2) is 4.42 Å². The van der Waals surface area contributed by atoms with E-state index in [0.717, 1.165) is 18.1 Å². The number of hydrogen-bond acceptors (Lipinski definition) is 2. The minimum absolute atomic E-state index is 0.437. The van der Waals surface area contributed by atoms with Crippen LogP contribution in [0.3, 0.4) is 0 Å². The molecule has 0 aliphatic carbocycles. The van der Waals surface area contributed by atoms with Crippen LogP contribution >= 0.6 is 0 Å². The maximum Gasteiger partial charge on any atom is 0.106 e. The van der Waals surface area contributed by atoms with Crippen molar-refractivity contribution in [3.63, 3.8) is 0 Å². The number of rotatable bonds is 6. The molecular weight excluding hydrogens is 210 g/mol. The summed E-state index contributed by atoms with van der Waals surface area (Å²) in [6, 6.07) is 0.437. The smallest absolute Gasteiger partial charge is 0.106 e. The Balaban J connectivity index is 2.94. The molecule has 0 bridgehead atoms. The monoisotopic (exact) mass is 237 g/mol. The third-order valence-corrected chi connectivity index (χ3v) is 3.31. The second kappa shape index (κ2) is 6.25. The van der Waals surface area contributed by atoms with Gasteiger partial charge in [-0.2, -0.15) is 0 Å². The molecular formula is C15H27NO. The lowest BCUT2D eigenvalue weighted by Gasteiger charge is -2.21. The fourth-order valence-electron chi connectivity index (χ4n) is 2.41. The molecule has 2 heteroatoms. The molecule has 0 amide bonds. The molecule has 1 aromatic rings. The maximum atomic E-state index is 5.75. The van der Waals surface area contributed by atoms with Gasteiger partial charge < -0.3 is 9.73 Å². The number of hydrogen-bond donors (Lipinski definition) is 1. The summed E-state index contributed by atoms with van der Waals surface area (Å²) in [4.78, 5) is 0. The second-order valence-electron chi connectivity index (χ2n) is 5.39. The quantitative estimate of drug-likeness (QED) is 0.798. The predicted octanol–water partition coefficient (Wildman–Crippen LogP) is 4.29. The molecule has 0 aromatic carbocycles. The Morgan fingerprint density at radius 1 is 1.12 bits per heavy atom. The van der Waals surface area contributed by atoms with Crippen LogP contribution in [0.4, 0.5) is 0 Å². The molecule has 0 fully saturated rings. The lowest BCUT2D eigenvalue weighted by Crippen LogP contribution is -2.24. The zero-order valence-corrected chi connectivity index (χ0v) is 12.2. The molecule has 17 heavy (non-hydrogen) atoms. The highest BCUT2D eigenvalue weighted by Crippen LogP contribution is 2.30. The van der Waals surface area contributed by atoms with Crippen LogP contribution in [0.1, 0.15) is 62.3 Å². The van der Waals surface area contributed by atoms with Gasteiger partial charge >= 0.3 is 0 Å². The second-order valence-corrected chi connectivity index (χ2v) is 5.39. The average Bonchev–Trinajstić information content (AvgIpc) is 2.48. The minimum atomic E-state index is 0.437. The first-order valence-corrected chi connectivity index (χ1v) is 6.77. The predicted molar refractivity (Wildman–Crippen MR) is 73.4 cm³/mol. The van der Waals surface area contributed by atoms with E-state index in [-0.39, 0.29) is 0 Å². The summed E-state index contributed by atoms with van der Waals surface area (Å²) >= 11 is 0. The highest BCUT2D eigenvalue weighted by atomic mass is 16.3. The van der Waals surface area contributed by atoms with Gasteiger partial charge in [0.2, 0.25) is 0 Å². The molecule has 0 aliphatic rings. The van der Waals surface area contributed by atoms with Crippen LogP contribution < -0.4 is 5.32 Å². The van der Waals surface area contributed by atoms with E-state index < -0.39 is 0 Å². The van der Waals surface area contributed by atoms with Crippen molar-refractivity contribution in [1.29, 1.82) is 0 Å². The van der Waals surface area contributed by atoms with Crippen LogP contribution in [0.25, 0.3) is 0 Å². The fourth-order valence-corrected chi connectivity index (χ4v) is 2.41. The third kappa shape index (κ3) is 3.60. The van der Waals surface area contributed by atoms with Crippen molar-refractivity contribution in [1.82, 2.24) is 5.32 Å². The molecule has 2 nitrogen and oxygen atoms in total. The molecule has 0 saturated heterocycles. The van der Waals surface area contributed by atoms with E-state index in [9.17, 15) is 0 Å². The Kier molecular flexibility index (Phi) is 5.26. The van der Waals surface area contributed by atoms with Crippen LogP contribution in [0, 0.1) is 26.7 Å². The topological polar surface area (TPSA) is 25.2 Å². The highest BCUT2D eigenvalue weighted by molar-refractivity contribution is 5.34. The molecule has 1 heterocycles. The van der Waals surface area contributed by atoms with Crippen LogP contribution in [0.2, 0.25) is 0 Å². The molecule has 1 aromatic heterocycles. The van der Waals surface area contributed by atoms with Gasteiger partial charge in [0.15, 0.2) is 0 Å². The van der Waals surface area contributed by atoms with Crippen LogP contribution in [-0.4, -0.2) is 6.54 Å². The zero-order chi connectivity index (χ0) is 13.0. The van der Waals surface area contributed by atoms with E-state index >= 15 is 0 Å². The van der Waals surface area contributed by atoms with Crippen LogP contribution in [0.5, 0.6) is 0 Å². The summed E-state index contributed by atoms with van der Waals surface area (Å²) in [6.07, 6.45) is 2.34. The van der Waals surface area contributed by atoms with Gasteiger partial charge in [-0.05, 0) is 51.6 Å². The fraction of sp³-hybridized carbons (Fsp3) is 0.733. The zero-order valence-electron chi connectivity index (χ0n) is 12.2. The molecule has 1 atom stereocenters. The molecule has 1 rings (SSSR count). The van der Waals surface area contributed by atoms with Crippen molar-refractivity contribution in [2.24, 2.45) is 5.92 Å². The van der Waals surface area contributed by atoms with Crippen molar-refractivity contribution >= 4 is 0 Å². The SMILES string of the molecule is CCCNC(CC(C)C)c1c(C)oc(C)c1C. The molecule has 1 unspecified atom stereocenters. The van der Waals surface area contributed by atoms with Crippen molar-refractivity contribution < 1.29 is 4.42 Å².